The summed E-state index contributed by atoms with van der Waals surface area (Å²) in [5.41, 5.74) is 2.83. The zero-order valence-corrected chi connectivity index (χ0v) is 15.0. The Morgan fingerprint density at radius 2 is 2.00 bits per heavy atom. The van der Waals surface area contributed by atoms with Gasteiger partial charge in [-0.2, -0.15) is 5.10 Å². The van der Waals surface area contributed by atoms with Gasteiger partial charge < -0.3 is 19.2 Å². The first-order chi connectivity index (χ1) is 12.5. The van der Waals surface area contributed by atoms with Gasteiger partial charge in [-0.05, 0) is 49.2 Å². The molecule has 0 aliphatic carbocycles. The molecule has 2 aromatic heterocycles. The fraction of sp³-hybridized carbons (Fsp3) is 0.263. The van der Waals surface area contributed by atoms with Crippen LogP contribution in [0.2, 0.25) is 0 Å². The maximum absolute atomic E-state index is 12.2. The Balaban J connectivity index is 1.58. The van der Waals surface area contributed by atoms with Crippen LogP contribution in [0.15, 0.2) is 47.1 Å². The van der Waals surface area contributed by atoms with E-state index < -0.39 is 0 Å². The molecule has 0 saturated carbocycles. The maximum atomic E-state index is 12.2. The van der Waals surface area contributed by atoms with Crippen LogP contribution >= 0.6 is 0 Å². The van der Waals surface area contributed by atoms with Gasteiger partial charge in [-0.15, -0.1) is 0 Å². The number of hydrogen-bond acceptors (Lipinski definition) is 5. The third-order valence-electron chi connectivity index (χ3n) is 3.61. The molecular weight excluding hydrogens is 334 g/mol. The van der Waals surface area contributed by atoms with E-state index in [1.54, 1.807) is 36.3 Å². The summed E-state index contributed by atoms with van der Waals surface area (Å²) in [5, 5.41) is 6.79. The standard InChI is InChI=1S/C19H21N3O4/c1-13-6-14(2)8-17(7-13)25-11-16-4-5-18(26-16)19(23)21-15-9-20-22(10-15)12-24-3/h4-10H,11-12H2,1-3H3,(H,21,23). The summed E-state index contributed by atoms with van der Waals surface area (Å²) in [6, 6.07) is 9.35. The van der Waals surface area contributed by atoms with E-state index in [0.29, 0.717) is 18.2 Å². The number of aryl methyl sites for hydroxylation is 2. The lowest BCUT2D eigenvalue weighted by Gasteiger charge is -2.06. The molecule has 0 radical (unpaired) electrons. The number of ether oxygens (including phenoxy) is 2. The molecule has 0 atom stereocenters. The van der Waals surface area contributed by atoms with Crippen molar-refractivity contribution in [3.63, 3.8) is 0 Å². The Morgan fingerprint density at radius 3 is 2.73 bits per heavy atom. The number of nitrogens with zero attached hydrogens (tertiary/aromatic N) is 2. The molecule has 3 aromatic rings. The number of furan rings is 1. The van der Waals surface area contributed by atoms with Crippen molar-refractivity contribution in [2.45, 2.75) is 27.2 Å². The van der Waals surface area contributed by atoms with E-state index in [-0.39, 0.29) is 18.3 Å². The minimum absolute atomic E-state index is 0.212. The van der Waals surface area contributed by atoms with Crippen molar-refractivity contribution >= 4 is 11.6 Å². The maximum Gasteiger partial charge on any atom is 0.291 e. The molecule has 0 aliphatic rings. The molecule has 1 aromatic carbocycles. The summed E-state index contributed by atoms with van der Waals surface area (Å²) in [7, 11) is 1.57. The van der Waals surface area contributed by atoms with Gasteiger partial charge in [0.25, 0.3) is 5.91 Å². The predicted molar refractivity (Wildman–Crippen MR) is 96.1 cm³/mol. The molecule has 0 bridgehead atoms. The highest BCUT2D eigenvalue weighted by atomic mass is 16.5. The Kier molecular flexibility index (Phi) is 5.38. The van der Waals surface area contributed by atoms with Gasteiger partial charge in [0.05, 0.1) is 18.1 Å². The summed E-state index contributed by atoms with van der Waals surface area (Å²) in [4.78, 5) is 12.2. The van der Waals surface area contributed by atoms with Crippen molar-refractivity contribution in [2.75, 3.05) is 12.4 Å². The number of methoxy groups -OCH3 is 1. The lowest BCUT2D eigenvalue weighted by atomic mass is 10.1. The highest BCUT2D eigenvalue weighted by Gasteiger charge is 2.13. The molecule has 3 rings (SSSR count). The summed E-state index contributed by atoms with van der Waals surface area (Å²) in [5.74, 6) is 1.21. The second-order valence-corrected chi connectivity index (χ2v) is 6.02. The van der Waals surface area contributed by atoms with Crippen LogP contribution in [0.4, 0.5) is 5.69 Å². The van der Waals surface area contributed by atoms with Crippen LogP contribution in [0.3, 0.4) is 0 Å². The Labute approximate surface area is 151 Å². The van der Waals surface area contributed by atoms with Gasteiger partial charge in [0.1, 0.15) is 24.8 Å². The zero-order chi connectivity index (χ0) is 18.5. The van der Waals surface area contributed by atoms with E-state index >= 15 is 0 Å². The van der Waals surface area contributed by atoms with E-state index in [1.165, 1.54) is 0 Å². The van der Waals surface area contributed by atoms with E-state index in [0.717, 1.165) is 16.9 Å². The number of nitrogens with one attached hydrogen (secondary N) is 1. The van der Waals surface area contributed by atoms with Crippen LogP contribution in [-0.4, -0.2) is 22.8 Å². The molecular formula is C19H21N3O4. The summed E-state index contributed by atoms with van der Waals surface area (Å²) in [6.45, 7) is 4.60. The molecule has 0 unspecified atom stereocenters. The SMILES string of the molecule is COCn1cc(NC(=O)c2ccc(COc3cc(C)cc(C)c3)o2)cn1. The average Bonchev–Trinajstić information content (AvgIpc) is 3.22. The van der Waals surface area contributed by atoms with Gasteiger partial charge in [0.2, 0.25) is 0 Å². The first kappa shape index (κ1) is 17.8. The third kappa shape index (κ3) is 4.52. The van der Waals surface area contributed by atoms with Crippen LogP contribution in [0.25, 0.3) is 0 Å². The number of rotatable bonds is 7. The second-order valence-electron chi connectivity index (χ2n) is 6.02. The smallest absolute Gasteiger partial charge is 0.291 e. The predicted octanol–water partition coefficient (Wildman–Crippen LogP) is 3.53. The van der Waals surface area contributed by atoms with Gasteiger partial charge in [0, 0.05) is 7.11 Å². The summed E-state index contributed by atoms with van der Waals surface area (Å²) >= 11 is 0. The monoisotopic (exact) mass is 355 g/mol. The number of hydrogen-bond donors (Lipinski definition) is 1. The highest BCUT2D eigenvalue weighted by Crippen LogP contribution is 2.19. The van der Waals surface area contributed by atoms with Gasteiger partial charge in [0.15, 0.2) is 5.76 Å². The first-order valence-corrected chi connectivity index (χ1v) is 8.16. The Bertz CT molecular complexity index is 878. The molecule has 0 aliphatic heterocycles. The average molecular weight is 355 g/mol. The van der Waals surface area contributed by atoms with Crippen molar-refractivity contribution in [3.8, 4) is 5.75 Å². The van der Waals surface area contributed by atoms with E-state index in [4.69, 9.17) is 13.9 Å². The molecule has 1 amide bonds. The van der Waals surface area contributed by atoms with Crippen LogP contribution in [0.5, 0.6) is 5.75 Å². The molecule has 0 fully saturated rings. The fourth-order valence-corrected chi connectivity index (χ4v) is 2.57. The normalized spacial score (nSPS) is 10.7. The van der Waals surface area contributed by atoms with E-state index in [9.17, 15) is 4.79 Å². The van der Waals surface area contributed by atoms with Gasteiger partial charge in [-0.1, -0.05) is 6.07 Å². The first-order valence-electron chi connectivity index (χ1n) is 8.16. The molecule has 0 spiro atoms. The van der Waals surface area contributed by atoms with Gasteiger partial charge >= 0.3 is 0 Å². The zero-order valence-electron chi connectivity index (χ0n) is 15.0. The van der Waals surface area contributed by atoms with E-state index in [2.05, 4.69) is 16.5 Å². The Hall–Kier alpha value is -3.06. The van der Waals surface area contributed by atoms with Crippen molar-refractivity contribution in [2.24, 2.45) is 0 Å². The lowest BCUT2D eigenvalue weighted by Crippen LogP contribution is -2.10. The van der Waals surface area contributed by atoms with Crippen molar-refractivity contribution in [1.82, 2.24) is 9.78 Å². The van der Waals surface area contributed by atoms with Gasteiger partial charge in [-0.3, -0.25) is 4.79 Å². The molecule has 7 nitrogen and oxygen atoms in total. The molecule has 7 heteroatoms. The quantitative estimate of drug-likeness (QED) is 0.701. The molecule has 2 heterocycles. The number of aromatic nitrogens is 2. The van der Waals surface area contributed by atoms with Crippen molar-refractivity contribution in [3.05, 3.63) is 65.4 Å². The number of amides is 1. The van der Waals surface area contributed by atoms with Crippen molar-refractivity contribution < 1.29 is 18.7 Å². The van der Waals surface area contributed by atoms with Crippen LogP contribution in [0.1, 0.15) is 27.4 Å². The fourth-order valence-electron chi connectivity index (χ4n) is 2.57. The number of anilines is 1. The minimum Gasteiger partial charge on any atom is -0.486 e. The van der Waals surface area contributed by atoms with E-state index in [1.807, 2.05) is 26.0 Å². The van der Waals surface area contributed by atoms with Crippen LogP contribution in [0, 0.1) is 13.8 Å². The lowest BCUT2D eigenvalue weighted by molar-refractivity contribution is 0.0992. The van der Waals surface area contributed by atoms with Gasteiger partial charge in [-0.25, -0.2) is 4.68 Å². The third-order valence-corrected chi connectivity index (χ3v) is 3.61. The highest BCUT2D eigenvalue weighted by molar-refractivity contribution is 6.02. The molecule has 1 N–H and O–H groups in total. The largest absolute Gasteiger partial charge is 0.486 e. The molecule has 136 valence electrons. The second kappa shape index (κ2) is 7.88. The summed E-state index contributed by atoms with van der Waals surface area (Å²) < 4.78 is 17.8. The number of benzene rings is 1. The van der Waals surface area contributed by atoms with Crippen LogP contribution < -0.4 is 10.1 Å². The van der Waals surface area contributed by atoms with Crippen LogP contribution in [-0.2, 0) is 18.1 Å². The molecule has 0 saturated heterocycles. The summed E-state index contributed by atoms with van der Waals surface area (Å²) in [6.07, 6.45) is 3.22. The Morgan fingerprint density at radius 1 is 1.23 bits per heavy atom. The minimum atomic E-state index is -0.348. The number of carbonyl (C=O) groups excluding carboxylic acids is 1. The topological polar surface area (TPSA) is 78.5 Å². The number of carbonyl (C=O) groups is 1. The van der Waals surface area contributed by atoms with Crippen molar-refractivity contribution in [1.29, 1.82) is 0 Å². The molecule has 26 heavy (non-hydrogen) atoms.